The van der Waals surface area contributed by atoms with Gasteiger partial charge < -0.3 is 10.4 Å². The smallest absolute Gasteiger partial charge is 0.306 e. The van der Waals surface area contributed by atoms with Crippen LogP contribution in [0.15, 0.2) is 0 Å². The summed E-state index contributed by atoms with van der Waals surface area (Å²) in [6.07, 6.45) is 1.83. The Bertz CT molecular complexity index is 317. The van der Waals surface area contributed by atoms with Crippen LogP contribution < -0.4 is 5.32 Å². The van der Waals surface area contributed by atoms with Crippen LogP contribution in [-0.4, -0.2) is 23.5 Å². The van der Waals surface area contributed by atoms with Gasteiger partial charge in [0, 0.05) is 12.5 Å². The molecule has 1 rings (SSSR count). The van der Waals surface area contributed by atoms with Crippen molar-refractivity contribution in [1.29, 1.82) is 0 Å². The molecule has 0 saturated heterocycles. The number of rotatable bonds is 6. The van der Waals surface area contributed by atoms with Gasteiger partial charge in [-0.25, -0.2) is 0 Å². The minimum absolute atomic E-state index is 0.0371. The first-order valence-corrected chi connectivity index (χ1v) is 7.33. The Morgan fingerprint density at radius 1 is 1.11 bits per heavy atom. The van der Waals surface area contributed by atoms with Crippen molar-refractivity contribution in [3.8, 4) is 0 Å². The Balaban J connectivity index is 2.41. The van der Waals surface area contributed by atoms with Crippen LogP contribution in [-0.2, 0) is 9.59 Å². The Hall–Kier alpha value is -1.06. The predicted octanol–water partition coefficient (Wildman–Crippen LogP) is 2.53. The minimum atomic E-state index is -0.766. The van der Waals surface area contributed by atoms with E-state index in [-0.39, 0.29) is 17.7 Å². The van der Waals surface area contributed by atoms with Crippen LogP contribution in [0.3, 0.4) is 0 Å². The van der Waals surface area contributed by atoms with Gasteiger partial charge in [0.15, 0.2) is 0 Å². The van der Waals surface area contributed by atoms with E-state index < -0.39 is 5.97 Å². The van der Waals surface area contributed by atoms with Gasteiger partial charge in [0.1, 0.15) is 0 Å². The van der Waals surface area contributed by atoms with Crippen molar-refractivity contribution in [2.75, 3.05) is 6.54 Å². The molecular formula is C15H27NO3. The molecule has 0 aromatic rings. The minimum Gasteiger partial charge on any atom is -0.481 e. The zero-order chi connectivity index (χ0) is 14.6. The summed E-state index contributed by atoms with van der Waals surface area (Å²) < 4.78 is 0. The third-order valence-electron chi connectivity index (χ3n) is 4.38. The number of aliphatic carboxylic acids is 1. The first-order chi connectivity index (χ1) is 8.82. The highest BCUT2D eigenvalue weighted by Crippen LogP contribution is 2.31. The normalized spacial score (nSPS) is 23.3. The molecule has 110 valence electrons. The second-order valence-electron chi connectivity index (χ2n) is 6.44. The molecule has 1 fully saturated rings. The Morgan fingerprint density at radius 2 is 1.63 bits per heavy atom. The molecule has 0 aliphatic heterocycles. The van der Waals surface area contributed by atoms with Crippen LogP contribution >= 0.6 is 0 Å². The molecule has 2 unspecified atom stereocenters. The van der Waals surface area contributed by atoms with Gasteiger partial charge in [-0.3, -0.25) is 9.59 Å². The summed E-state index contributed by atoms with van der Waals surface area (Å²) in [6, 6.07) is 0. The monoisotopic (exact) mass is 269 g/mol. The maximum Gasteiger partial charge on any atom is 0.306 e. The average Bonchev–Trinajstić information content (AvgIpc) is 2.77. The van der Waals surface area contributed by atoms with Crippen molar-refractivity contribution in [3.05, 3.63) is 0 Å². The molecule has 0 radical (unpaired) electrons. The van der Waals surface area contributed by atoms with Crippen LogP contribution in [0.1, 0.15) is 47.0 Å². The summed E-state index contributed by atoms with van der Waals surface area (Å²) in [5, 5.41) is 12.0. The highest BCUT2D eigenvalue weighted by atomic mass is 16.4. The van der Waals surface area contributed by atoms with Crippen LogP contribution in [0.4, 0.5) is 0 Å². The molecule has 1 aliphatic carbocycles. The third kappa shape index (κ3) is 4.51. The highest BCUT2D eigenvalue weighted by Gasteiger charge is 2.34. The molecule has 2 atom stereocenters. The summed E-state index contributed by atoms with van der Waals surface area (Å²) in [6.45, 7) is 9.39. The molecule has 4 nitrogen and oxygen atoms in total. The average molecular weight is 269 g/mol. The van der Waals surface area contributed by atoms with Gasteiger partial charge in [-0.05, 0) is 37.0 Å². The lowest BCUT2D eigenvalue weighted by molar-refractivity contribution is -0.141. The number of hydrogen-bond acceptors (Lipinski definition) is 2. The van der Waals surface area contributed by atoms with Crippen molar-refractivity contribution in [2.24, 2.45) is 29.6 Å². The van der Waals surface area contributed by atoms with E-state index in [4.69, 9.17) is 5.11 Å². The molecule has 0 spiro atoms. The zero-order valence-corrected chi connectivity index (χ0v) is 12.5. The zero-order valence-electron chi connectivity index (χ0n) is 12.5. The number of amides is 1. The number of carboxylic acids is 1. The number of hydrogen-bond donors (Lipinski definition) is 2. The molecule has 0 heterocycles. The van der Waals surface area contributed by atoms with Crippen molar-refractivity contribution < 1.29 is 14.7 Å². The van der Waals surface area contributed by atoms with E-state index in [1.165, 1.54) is 0 Å². The molecule has 4 heteroatoms. The van der Waals surface area contributed by atoms with E-state index in [2.05, 4.69) is 33.0 Å². The van der Waals surface area contributed by atoms with Crippen LogP contribution in [0.25, 0.3) is 0 Å². The number of carboxylic acid groups (broad SMARTS) is 1. The van der Waals surface area contributed by atoms with E-state index in [9.17, 15) is 9.59 Å². The lowest BCUT2D eigenvalue weighted by atomic mass is 9.85. The predicted molar refractivity (Wildman–Crippen MR) is 74.6 cm³/mol. The van der Waals surface area contributed by atoms with E-state index in [0.29, 0.717) is 43.6 Å². The standard InChI is InChI=1S/C15H27NO3/c1-9(2)13(10(3)4)8-16-14(17)11-5-6-12(7-11)15(18)19/h9-13H,5-8H2,1-4H3,(H,16,17)(H,18,19). The fourth-order valence-corrected chi connectivity index (χ4v) is 3.05. The molecule has 1 amide bonds. The van der Waals surface area contributed by atoms with Crippen LogP contribution in [0.2, 0.25) is 0 Å². The topological polar surface area (TPSA) is 66.4 Å². The van der Waals surface area contributed by atoms with Crippen molar-refractivity contribution in [1.82, 2.24) is 5.32 Å². The van der Waals surface area contributed by atoms with Gasteiger partial charge in [-0.15, -0.1) is 0 Å². The van der Waals surface area contributed by atoms with Gasteiger partial charge in [0.25, 0.3) is 0 Å². The van der Waals surface area contributed by atoms with E-state index in [1.54, 1.807) is 0 Å². The van der Waals surface area contributed by atoms with Gasteiger partial charge in [-0.2, -0.15) is 0 Å². The molecule has 19 heavy (non-hydrogen) atoms. The van der Waals surface area contributed by atoms with E-state index in [1.807, 2.05) is 0 Å². The number of carbonyl (C=O) groups is 2. The molecule has 0 aromatic heterocycles. The fourth-order valence-electron chi connectivity index (χ4n) is 3.05. The first kappa shape index (κ1) is 16.0. The summed E-state index contributed by atoms with van der Waals surface area (Å²) in [5.41, 5.74) is 0. The third-order valence-corrected chi connectivity index (χ3v) is 4.38. The second-order valence-corrected chi connectivity index (χ2v) is 6.44. The Morgan fingerprint density at radius 3 is 2.05 bits per heavy atom. The molecule has 1 saturated carbocycles. The maximum atomic E-state index is 12.1. The van der Waals surface area contributed by atoms with E-state index in [0.717, 1.165) is 0 Å². The van der Waals surface area contributed by atoms with Crippen LogP contribution in [0, 0.1) is 29.6 Å². The number of nitrogens with one attached hydrogen (secondary N) is 1. The second kappa shape index (κ2) is 6.92. The quantitative estimate of drug-likeness (QED) is 0.778. The lowest BCUT2D eigenvalue weighted by Crippen LogP contribution is -2.37. The summed E-state index contributed by atoms with van der Waals surface area (Å²) in [4.78, 5) is 22.9. The van der Waals surface area contributed by atoms with Gasteiger partial charge in [0.05, 0.1) is 5.92 Å². The molecule has 0 aromatic carbocycles. The fraction of sp³-hybridized carbons (Fsp3) is 0.867. The largest absolute Gasteiger partial charge is 0.481 e. The van der Waals surface area contributed by atoms with Gasteiger partial charge in [-0.1, -0.05) is 27.7 Å². The summed E-state index contributed by atoms with van der Waals surface area (Å²) in [5.74, 6) is 0.377. The van der Waals surface area contributed by atoms with Gasteiger partial charge in [0.2, 0.25) is 5.91 Å². The number of carbonyl (C=O) groups excluding carboxylic acids is 1. The van der Waals surface area contributed by atoms with E-state index >= 15 is 0 Å². The molecule has 2 N–H and O–H groups in total. The molecule has 1 aliphatic rings. The Labute approximate surface area is 116 Å². The van der Waals surface area contributed by atoms with Crippen molar-refractivity contribution >= 4 is 11.9 Å². The maximum absolute atomic E-state index is 12.1. The summed E-state index contributed by atoms with van der Waals surface area (Å²) in [7, 11) is 0. The SMILES string of the molecule is CC(C)C(CNC(=O)C1CCC(C(=O)O)C1)C(C)C. The van der Waals surface area contributed by atoms with Gasteiger partial charge >= 0.3 is 5.97 Å². The molecule has 0 bridgehead atoms. The van der Waals surface area contributed by atoms with Crippen molar-refractivity contribution in [3.63, 3.8) is 0 Å². The lowest BCUT2D eigenvalue weighted by Gasteiger charge is -2.25. The summed E-state index contributed by atoms with van der Waals surface area (Å²) >= 11 is 0. The Kier molecular flexibility index (Phi) is 5.83. The van der Waals surface area contributed by atoms with Crippen LogP contribution in [0.5, 0.6) is 0 Å². The molecular weight excluding hydrogens is 242 g/mol. The first-order valence-electron chi connectivity index (χ1n) is 7.33. The van der Waals surface area contributed by atoms with Crippen molar-refractivity contribution in [2.45, 2.75) is 47.0 Å². The highest BCUT2D eigenvalue weighted by molar-refractivity contribution is 5.80.